The highest BCUT2D eigenvalue weighted by atomic mass is 32.1. The van der Waals surface area contributed by atoms with Gasteiger partial charge >= 0.3 is 0 Å². The zero-order chi connectivity index (χ0) is 15.4. The van der Waals surface area contributed by atoms with E-state index in [1.807, 2.05) is 12.1 Å². The van der Waals surface area contributed by atoms with E-state index in [2.05, 4.69) is 48.6 Å². The largest absolute Gasteiger partial charge is 0.468 e. The van der Waals surface area contributed by atoms with Crippen LogP contribution >= 0.6 is 11.3 Å². The molecule has 0 bridgehead atoms. The lowest BCUT2D eigenvalue weighted by Gasteiger charge is -2.12. The van der Waals surface area contributed by atoms with E-state index in [0.29, 0.717) is 6.54 Å². The molecular formula is C18H19NO2S. The van der Waals surface area contributed by atoms with Crippen LogP contribution in [0.15, 0.2) is 59.2 Å². The van der Waals surface area contributed by atoms with Crippen molar-refractivity contribution < 1.29 is 9.52 Å². The van der Waals surface area contributed by atoms with Crippen molar-refractivity contribution in [1.29, 1.82) is 0 Å². The van der Waals surface area contributed by atoms with Gasteiger partial charge in [0.2, 0.25) is 0 Å². The minimum absolute atomic E-state index is 0.0176. The van der Waals surface area contributed by atoms with Crippen molar-refractivity contribution in [2.75, 3.05) is 6.61 Å². The predicted molar refractivity (Wildman–Crippen MR) is 89.9 cm³/mol. The lowest BCUT2D eigenvalue weighted by Crippen LogP contribution is -2.23. The Bertz CT molecular complexity index is 701. The van der Waals surface area contributed by atoms with E-state index in [4.69, 9.17) is 4.42 Å². The van der Waals surface area contributed by atoms with Crippen molar-refractivity contribution in [2.45, 2.75) is 19.5 Å². The number of benzene rings is 1. The first-order chi connectivity index (χ1) is 10.8. The third kappa shape index (κ3) is 3.47. The molecule has 22 heavy (non-hydrogen) atoms. The second-order valence-corrected chi connectivity index (χ2v) is 6.43. The molecule has 0 aliphatic rings. The molecule has 1 atom stereocenters. The number of aryl methyl sites for hydroxylation is 1. The molecule has 1 unspecified atom stereocenters. The van der Waals surface area contributed by atoms with Crippen LogP contribution in [0.4, 0.5) is 0 Å². The summed E-state index contributed by atoms with van der Waals surface area (Å²) in [6.07, 6.45) is 1.63. The average molecular weight is 313 g/mol. The molecule has 0 amide bonds. The summed E-state index contributed by atoms with van der Waals surface area (Å²) in [7, 11) is 0. The highest BCUT2D eigenvalue weighted by molar-refractivity contribution is 7.15. The van der Waals surface area contributed by atoms with Gasteiger partial charge in [-0.15, -0.1) is 11.3 Å². The summed E-state index contributed by atoms with van der Waals surface area (Å²) in [5.74, 6) is 0.762. The Kier molecular flexibility index (Phi) is 4.73. The van der Waals surface area contributed by atoms with E-state index in [0.717, 1.165) is 5.76 Å². The molecule has 0 saturated carbocycles. The quantitative estimate of drug-likeness (QED) is 0.719. The van der Waals surface area contributed by atoms with Crippen LogP contribution in [0.2, 0.25) is 0 Å². The average Bonchev–Trinajstić information content (AvgIpc) is 3.20. The van der Waals surface area contributed by atoms with Gasteiger partial charge in [0, 0.05) is 16.3 Å². The van der Waals surface area contributed by atoms with Crippen molar-refractivity contribution in [3.05, 3.63) is 71.0 Å². The normalized spacial score (nSPS) is 12.5. The zero-order valence-electron chi connectivity index (χ0n) is 12.5. The molecule has 3 aromatic rings. The van der Waals surface area contributed by atoms with E-state index >= 15 is 0 Å². The molecule has 2 heterocycles. The fraction of sp³-hybridized carbons (Fsp3) is 0.222. The number of rotatable bonds is 6. The summed E-state index contributed by atoms with van der Waals surface area (Å²) >= 11 is 1.77. The maximum Gasteiger partial charge on any atom is 0.123 e. The third-order valence-electron chi connectivity index (χ3n) is 3.59. The van der Waals surface area contributed by atoms with Crippen LogP contribution in [0.1, 0.15) is 22.2 Å². The minimum atomic E-state index is -0.167. The molecule has 0 fully saturated rings. The minimum Gasteiger partial charge on any atom is -0.468 e. The number of aliphatic hydroxyl groups is 1. The van der Waals surface area contributed by atoms with E-state index < -0.39 is 0 Å². The highest BCUT2D eigenvalue weighted by Crippen LogP contribution is 2.28. The van der Waals surface area contributed by atoms with Crippen molar-refractivity contribution in [1.82, 2.24) is 5.32 Å². The van der Waals surface area contributed by atoms with E-state index in [9.17, 15) is 5.11 Å². The van der Waals surface area contributed by atoms with Gasteiger partial charge in [-0.25, -0.2) is 0 Å². The molecule has 1 aromatic carbocycles. The number of aliphatic hydroxyl groups excluding tert-OH is 1. The van der Waals surface area contributed by atoms with Crippen LogP contribution in [0.5, 0.6) is 0 Å². The summed E-state index contributed by atoms with van der Waals surface area (Å²) in [5.41, 5.74) is 2.51. The van der Waals surface area contributed by atoms with Crippen molar-refractivity contribution >= 4 is 11.3 Å². The van der Waals surface area contributed by atoms with Crippen LogP contribution in [-0.2, 0) is 6.54 Å². The Labute approximate surface area is 134 Å². The zero-order valence-corrected chi connectivity index (χ0v) is 13.3. The van der Waals surface area contributed by atoms with E-state index in [-0.39, 0.29) is 12.6 Å². The lowest BCUT2D eigenvalue weighted by atomic mass is 10.1. The predicted octanol–water partition coefficient (Wildman–Crippen LogP) is 4.14. The highest BCUT2D eigenvalue weighted by Gasteiger charge is 2.13. The van der Waals surface area contributed by atoms with Crippen LogP contribution in [0.3, 0.4) is 0 Å². The first-order valence-corrected chi connectivity index (χ1v) is 8.11. The van der Waals surface area contributed by atoms with Gasteiger partial charge < -0.3 is 14.8 Å². The van der Waals surface area contributed by atoms with Gasteiger partial charge in [0.25, 0.3) is 0 Å². The Morgan fingerprint density at radius 3 is 2.64 bits per heavy atom. The van der Waals surface area contributed by atoms with Crippen LogP contribution < -0.4 is 5.32 Å². The standard InChI is InChI=1S/C18H19NO2S/c1-13-4-6-14(7-5-13)18-9-8-15(22-18)11-19-16(12-20)17-3-2-10-21-17/h2-10,16,19-20H,11-12H2,1H3. The van der Waals surface area contributed by atoms with Gasteiger partial charge in [0.1, 0.15) is 5.76 Å². The van der Waals surface area contributed by atoms with Gasteiger partial charge in [-0.3, -0.25) is 0 Å². The molecule has 0 aliphatic carbocycles. The molecule has 114 valence electrons. The van der Waals surface area contributed by atoms with Gasteiger partial charge in [-0.1, -0.05) is 29.8 Å². The Morgan fingerprint density at radius 2 is 1.95 bits per heavy atom. The van der Waals surface area contributed by atoms with Gasteiger partial charge in [-0.05, 0) is 36.8 Å². The van der Waals surface area contributed by atoms with E-state index in [1.165, 1.54) is 20.9 Å². The molecule has 3 nitrogen and oxygen atoms in total. The maximum atomic E-state index is 9.47. The number of thiophene rings is 1. The fourth-order valence-corrected chi connectivity index (χ4v) is 3.28. The molecule has 4 heteroatoms. The van der Waals surface area contributed by atoms with Crippen LogP contribution in [0.25, 0.3) is 10.4 Å². The molecule has 2 aromatic heterocycles. The van der Waals surface area contributed by atoms with Crippen molar-refractivity contribution in [2.24, 2.45) is 0 Å². The second-order valence-electron chi connectivity index (χ2n) is 5.26. The van der Waals surface area contributed by atoms with Gasteiger partial charge in [0.05, 0.1) is 18.9 Å². The van der Waals surface area contributed by atoms with Gasteiger partial charge in [0.15, 0.2) is 0 Å². The number of nitrogens with one attached hydrogen (secondary N) is 1. The number of hydrogen-bond acceptors (Lipinski definition) is 4. The smallest absolute Gasteiger partial charge is 0.123 e. The summed E-state index contributed by atoms with van der Waals surface area (Å²) in [6.45, 7) is 2.82. The molecule has 0 spiro atoms. The summed E-state index contributed by atoms with van der Waals surface area (Å²) in [6, 6.07) is 16.4. The van der Waals surface area contributed by atoms with E-state index in [1.54, 1.807) is 17.6 Å². The number of hydrogen-bond donors (Lipinski definition) is 2. The Morgan fingerprint density at radius 1 is 1.14 bits per heavy atom. The monoisotopic (exact) mass is 313 g/mol. The molecular weight excluding hydrogens is 294 g/mol. The molecule has 3 rings (SSSR count). The topological polar surface area (TPSA) is 45.4 Å². The van der Waals surface area contributed by atoms with Crippen molar-refractivity contribution in [3.8, 4) is 10.4 Å². The van der Waals surface area contributed by atoms with Crippen molar-refractivity contribution in [3.63, 3.8) is 0 Å². The van der Waals surface area contributed by atoms with Crippen LogP contribution in [-0.4, -0.2) is 11.7 Å². The fourth-order valence-electron chi connectivity index (χ4n) is 2.31. The summed E-state index contributed by atoms with van der Waals surface area (Å²) in [4.78, 5) is 2.50. The Balaban J connectivity index is 1.65. The first kappa shape index (κ1) is 15.0. The molecule has 0 aliphatic heterocycles. The summed E-state index contributed by atoms with van der Waals surface area (Å²) < 4.78 is 5.34. The Hall–Kier alpha value is -1.88. The maximum absolute atomic E-state index is 9.47. The third-order valence-corrected chi connectivity index (χ3v) is 4.72. The lowest BCUT2D eigenvalue weighted by molar-refractivity contribution is 0.226. The molecule has 0 radical (unpaired) electrons. The number of furan rings is 1. The second kappa shape index (κ2) is 6.92. The SMILES string of the molecule is Cc1ccc(-c2ccc(CNC(CO)c3ccco3)s2)cc1. The summed E-state index contributed by atoms with van der Waals surface area (Å²) in [5, 5.41) is 12.8. The molecule has 0 saturated heterocycles. The first-order valence-electron chi connectivity index (χ1n) is 7.29. The van der Waals surface area contributed by atoms with Gasteiger partial charge in [-0.2, -0.15) is 0 Å². The molecule has 2 N–H and O–H groups in total. The van der Waals surface area contributed by atoms with Crippen LogP contribution in [0, 0.1) is 6.92 Å².